The molecule has 1 aliphatic rings. The standard InChI is InChI=1S/C16H14IN3O2/c1-9-6-11(7-14-15(21)19-16(22)18-14)10(2)20(9)13-5-3-4-12(17)8-13/h3-8H,1-2H3,(H2,18,19,21,22)/b14-7-. The van der Waals surface area contributed by atoms with Gasteiger partial charge < -0.3 is 9.88 Å². The van der Waals surface area contributed by atoms with Crippen molar-refractivity contribution in [3.63, 3.8) is 0 Å². The highest BCUT2D eigenvalue weighted by atomic mass is 127. The van der Waals surface area contributed by atoms with Gasteiger partial charge in [-0.25, -0.2) is 4.79 Å². The van der Waals surface area contributed by atoms with Crippen molar-refractivity contribution in [2.45, 2.75) is 13.8 Å². The van der Waals surface area contributed by atoms with Gasteiger partial charge in [-0.15, -0.1) is 0 Å². The van der Waals surface area contributed by atoms with Crippen molar-refractivity contribution in [2.75, 3.05) is 0 Å². The van der Waals surface area contributed by atoms with Crippen LogP contribution in [0.1, 0.15) is 17.0 Å². The Kier molecular flexibility index (Phi) is 3.78. The number of hydrogen-bond donors (Lipinski definition) is 2. The van der Waals surface area contributed by atoms with Gasteiger partial charge in [-0.1, -0.05) is 6.07 Å². The predicted molar refractivity (Wildman–Crippen MR) is 92.6 cm³/mol. The monoisotopic (exact) mass is 407 g/mol. The van der Waals surface area contributed by atoms with Crippen LogP contribution in [-0.4, -0.2) is 16.5 Å². The summed E-state index contributed by atoms with van der Waals surface area (Å²) in [6.07, 6.45) is 1.70. The number of urea groups is 1. The molecule has 0 spiro atoms. The Hall–Kier alpha value is -2.09. The third-order valence-corrected chi connectivity index (χ3v) is 4.23. The number of imide groups is 1. The molecule has 1 fully saturated rings. The van der Waals surface area contributed by atoms with Gasteiger partial charge in [0.05, 0.1) is 0 Å². The zero-order valence-electron chi connectivity index (χ0n) is 12.1. The average molecular weight is 407 g/mol. The van der Waals surface area contributed by atoms with Crippen molar-refractivity contribution < 1.29 is 9.59 Å². The SMILES string of the molecule is Cc1cc(/C=C2\NC(=O)NC2=O)c(C)n1-c1cccc(I)c1. The number of nitrogens with zero attached hydrogens (tertiary/aromatic N) is 1. The molecule has 112 valence electrons. The first-order valence-electron chi connectivity index (χ1n) is 6.74. The van der Waals surface area contributed by atoms with Crippen molar-refractivity contribution in [1.29, 1.82) is 0 Å². The van der Waals surface area contributed by atoms with Gasteiger partial charge in [0.15, 0.2) is 0 Å². The highest BCUT2D eigenvalue weighted by Gasteiger charge is 2.23. The third-order valence-electron chi connectivity index (χ3n) is 3.56. The molecule has 0 atom stereocenters. The minimum absolute atomic E-state index is 0.271. The highest BCUT2D eigenvalue weighted by Crippen LogP contribution is 2.23. The molecule has 0 saturated carbocycles. The van der Waals surface area contributed by atoms with Gasteiger partial charge in [-0.05, 0) is 72.3 Å². The van der Waals surface area contributed by atoms with Crippen LogP contribution < -0.4 is 10.6 Å². The summed E-state index contributed by atoms with van der Waals surface area (Å²) in [7, 11) is 0. The fourth-order valence-electron chi connectivity index (χ4n) is 2.58. The molecule has 1 aromatic heterocycles. The highest BCUT2D eigenvalue weighted by molar-refractivity contribution is 14.1. The molecule has 1 aromatic carbocycles. The summed E-state index contributed by atoms with van der Waals surface area (Å²) < 4.78 is 3.29. The second kappa shape index (κ2) is 5.60. The number of rotatable bonds is 2. The molecule has 0 radical (unpaired) electrons. The number of benzene rings is 1. The summed E-state index contributed by atoms with van der Waals surface area (Å²) >= 11 is 2.28. The molecule has 0 unspecified atom stereocenters. The first kappa shape index (κ1) is 14.8. The number of carbonyl (C=O) groups is 2. The lowest BCUT2D eigenvalue weighted by molar-refractivity contribution is -0.115. The summed E-state index contributed by atoms with van der Waals surface area (Å²) in [5, 5.41) is 4.71. The molecule has 2 heterocycles. The number of aryl methyl sites for hydroxylation is 1. The lowest BCUT2D eigenvalue weighted by Crippen LogP contribution is -2.22. The van der Waals surface area contributed by atoms with Crippen LogP contribution in [0.2, 0.25) is 0 Å². The molecule has 0 bridgehead atoms. The number of hydrogen-bond acceptors (Lipinski definition) is 2. The maximum absolute atomic E-state index is 11.6. The van der Waals surface area contributed by atoms with E-state index < -0.39 is 11.9 Å². The topological polar surface area (TPSA) is 63.1 Å². The smallest absolute Gasteiger partial charge is 0.318 e. The Labute approximate surface area is 141 Å². The maximum atomic E-state index is 11.6. The van der Waals surface area contributed by atoms with Gasteiger partial charge in [-0.3, -0.25) is 10.1 Å². The zero-order chi connectivity index (χ0) is 15.9. The number of halogens is 1. The fourth-order valence-corrected chi connectivity index (χ4v) is 3.11. The second-order valence-electron chi connectivity index (χ2n) is 5.11. The quantitative estimate of drug-likeness (QED) is 0.457. The lowest BCUT2D eigenvalue weighted by atomic mass is 10.2. The molecular weight excluding hydrogens is 393 g/mol. The Bertz CT molecular complexity index is 821. The Balaban J connectivity index is 2.06. The van der Waals surface area contributed by atoms with Crippen LogP contribution in [0.25, 0.3) is 11.8 Å². The molecule has 22 heavy (non-hydrogen) atoms. The van der Waals surface area contributed by atoms with Gasteiger partial charge in [0, 0.05) is 20.6 Å². The van der Waals surface area contributed by atoms with E-state index in [1.165, 1.54) is 0 Å². The van der Waals surface area contributed by atoms with E-state index in [0.29, 0.717) is 0 Å². The average Bonchev–Trinajstić information content (AvgIpc) is 2.90. The van der Waals surface area contributed by atoms with Crippen LogP contribution in [0.5, 0.6) is 0 Å². The maximum Gasteiger partial charge on any atom is 0.326 e. The van der Waals surface area contributed by atoms with E-state index >= 15 is 0 Å². The summed E-state index contributed by atoms with van der Waals surface area (Å²) in [5.41, 5.74) is 4.33. The summed E-state index contributed by atoms with van der Waals surface area (Å²) in [6.45, 7) is 4.01. The number of carbonyl (C=O) groups excluding carboxylic acids is 2. The normalized spacial score (nSPS) is 16.0. The molecule has 5 nitrogen and oxygen atoms in total. The molecule has 3 rings (SSSR count). The number of aromatic nitrogens is 1. The zero-order valence-corrected chi connectivity index (χ0v) is 14.3. The minimum Gasteiger partial charge on any atom is -0.318 e. The first-order valence-corrected chi connectivity index (χ1v) is 7.82. The van der Waals surface area contributed by atoms with Gasteiger partial charge in [-0.2, -0.15) is 0 Å². The number of nitrogens with one attached hydrogen (secondary N) is 2. The van der Waals surface area contributed by atoms with E-state index in [9.17, 15) is 9.59 Å². The first-order chi connectivity index (χ1) is 10.5. The minimum atomic E-state index is -0.484. The predicted octanol–water partition coefficient (Wildman–Crippen LogP) is 2.88. The van der Waals surface area contributed by atoms with Gasteiger partial charge in [0.1, 0.15) is 5.70 Å². The Morgan fingerprint density at radius 3 is 2.55 bits per heavy atom. The van der Waals surface area contributed by atoms with Crippen molar-refractivity contribution in [3.8, 4) is 5.69 Å². The molecular formula is C16H14IN3O2. The largest absolute Gasteiger partial charge is 0.326 e. The van der Waals surface area contributed by atoms with Crippen molar-refractivity contribution in [1.82, 2.24) is 15.2 Å². The molecule has 3 amide bonds. The van der Waals surface area contributed by atoms with Crippen LogP contribution >= 0.6 is 22.6 Å². The van der Waals surface area contributed by atoms with Gasteiger partial charge >= 0.3 is 6.03 Å². The van der Waals surface area contributed by atoms with E-state index in [0.717, 1.165) is 26.2 Å². The van der Waals surface area contributed by atoms with Gasteiger partial charge in [0.2, 0.25) is 0 Å². The summed E-state index contributed by atoms with van der Waals surface area (Å²) in [6, 6.07) is 9.71. The fraction of sp³-hybridized carbons (Fsp3) is 0.125. The van der Waals surface area contributed by atoms with Crippen LogP contribution in [0.3, 0.4) is 0 Å². The third kappa shape index (κ3) is 2.66. The summed E-state index contributed by atoms with van der Waals surface area (Å²) in [5.74, 6) is -0.399. The van der Waals surface area contributed by atoms with Crippen molar-refractivity contribution in [3.05, 3.63) is 56.6 Å². The van der Waals surface area contributed by atoms with Crippen LogP contribution in [-0.2, 0) is 4.79 Å². The number of amides is 3. The lowest BCUT2D eigenvalue weighted by Gasteiger charge is -2.10. The molecule has 2 N–H and O–H groups in total. The van der Waals surface area contributed by atoms with E-state index in [-0.39, 0.29) is 5.70 Å². The van der Waals surface area contributed by atoms with Crippen LogP contribution in [0, 0.1) is 17.4 Å². The summed E-state index contributed by atoms with van der Waals surface area (Å²) in [4.78, 5) is 22.8. The van der Waals surface area contributed by atoms with Crippen LogP contribution in [0.4, 0.5) is 4.79 Å². The molecule has 1 aliphatic heterocycles. The van der Waals surface area contributed by atoms with E-state index in [2.05, 4.69) is 43.9 Å². The van der Waals surface area contributed by atoms with E-state index in [1.807, 2.05) is 38.1 Å². The van der Waals surface area contributed by atoms with Gasteiger partial charge in [0.25, 0.3) is 5.91 Å². The molecule has 2 aromatic rings. The molecule has 6 heteroatoms. The van der Waals surface area contributed by atoms with Crippen LogP contribution in [0.15, 0.2) is 36.0 Å². The van der Waals surface area contributed by atoms with Crippen molar-refractivity contribution >= 4 is 40.6 Å². The Morgan fingerprint density at radius 2 is 1.91 bits per heavy atom. The Morgan fingerprint density at radius 1 is 1.14 bits per heavy atom. The molecule has 1 saturated heterocycles. The molecule has 0 aliphatic carbocycles. The van der Waals surface area contributed by atoms with E-state index in [1.54, 1.807) is 6.08 Å². The van der Waals surface area contributed by atoms with Crippen molar-refractivity contribution in [2.24, 2.45) is 0 Å². The van der Waals surface area contributed by atoms with E-state index in [4.69, 9.17) is 0 Å². The second-order valence-corrected chi connectivity index (χ2v) is 6.35.